The Morgan fingerprint density at radius 2 is 2.40 bits per heavy atom. The highest BCUT2D eigenvalue weighted by Crippen LogP contribution is 2.20. The lowest BCUT2D eigenvalue weighted by Gasteiger charge is -2.02. The van der Waals surface area contributed by atoms with E-state index in [1.165, 1.54) is 13.1 Å². The fourth-order valence-corrected chi connectivity index (χ4v) is 0.906. The molecule has 0 aliphatic rings. The maximum absolute atomic E-state index is 10.5. The van der Waals surface area contributed by atoms with Gasteiger partial charge in [-0.25, -0.2) is 9.78 Å². The second-order valence-corrected chi connectivity index (χ2v) is 2.75. The third-order valence-electron chi connectivity index (χ3n) is 1.59. The molecule has 7 nitrogen and oxygen atoms in total. The first-order valence-electron chi connectivity index (χ1n) is 3.96. The van der Waals surface area contributed by atoms with E-state index in [-0.39, 0.29) is 11.6 Å². The van der Waals surface area contributed by atoms with Gasteiger partial charge in [0.15, 0.2) is 6.61 Å². The molecule has 15 heavy (non-hydrogen) atoms. The topological polar surface area (TPSA) is 103 Å². The van der Waals surface area contributed by atoms with Gasteiger partial charge in [-0.15, -0.1) is 0 Å². The van der Waals surface area contributed by atoms with E-state index in [0.717, 1.165) is 6.07 Å². The van der Waals surface area contributed by atoms with Gasteiger partial charge in [-0.05, 0) is 6.92 Å². The minimum atomic E-state index is -1.17. The molecular formula is C8H8N2O5. The van der Waals surface area contributed by atoms with Crippen molar-refractivity contribution < 1.29 is 19.6 Å². The molecule has 0 saturated carbocycles. The van der Waals surface area contributed by atoms with Crippen LogP contribution < -0.4 is 4.74 Å². The monoisotopic (exact) mass is 212 g/mol. The maximum atomic E-state index is 10.5. The number of aryl methyl sites for hydroxylation is 1. The molecule has 0 atom stereocenters. The lowest BCUT2D eigenvalue weighted by atomic mass is 10.3. The van der Waals surface area contributed by atoms with Crippen LogP contribution in [0.15, 0.2) is 12.3 Å². The Kier molecular flexibility index (Phi) is 3.17. The molecule has 0 aromatic carbocycles. The lowest BCUT2D eigenvalue weighted by Crippen LogP contribution is -2.10. The van der Waals surface area contributed by atoms with Crippen molar-refractivity contribution in [2.75, 3.05) is 6.61 Å². The molecule has 0 spiro atoms. The molecule has 0 fully saturated rings. The van der Waals surface area contributed by atoms with E-state index in [1.54, 1.807) is 0 Å². The number of nitrogens with zero attached hydrogens (tertiary/aromatic N) is 2. The summed E-state index contributed by atoms with van der Waals surface area (Å²) in [6.07, 6.45) is 1.26. The third-order valence-corrected chi connectivity index (χ3v) is 1.59. The second-order valence-electron chi connectivity index (χ2n) is 2.75. The Hall–Kier alpha value is -2.18. The lowest BCUT2D eigenvalue weighted by molar-refractivity contribution is -0.385. The van der Waals surface area contributed by atoms with Crippen LogP contribution in [0.25, 0.3) is 0 Å². The van der Waals surface area contributed by atoms with Gasteiger partial charge in [-0.1, -0.05) is 0 Å². The molecule has 80 valence electrons. The summed E-state index contributed by atoms with van der Waals surface area (Å²) in [6, 6.07) is 1.10. The van der Waals surface area contributed by atoms with Crippen molar-refractivity contribution in [1.29, 1.82) is 0 Å². The standard InChI is InChI=1S/C8H8N2O5/c1-5-3-9-7(15-4-8(11)12)2-6(5)10(13)14/h2-3H,4H2,1H3,(H,11,12). The second kappa shape index (κ2) is 4.36. The van der Waals surface area contributed by atoms with Gasteiger partial charge < -0.3 is 9.84 Å². The Balaban J connectivity index is 2.87. The van der Waals surface area contributed by atoms with E-state index in [4.69, 9.17) is 9.84 Å². The molecule has 1 aromatic rings. The molecule has 1 heterocycles. The molecule has 0 bridgehead atoms. The fourth-order valence-electron chi connectivity index (χ4n) is 0.906. The molecule has 0 amide bonds. The zero-order chi connectivity index (χ0) is 11.4. The van der Waals surface area contributed by atoms with Crippen molar-refractivity contribution in [2.45, 2.75) is 6.92 Å². The molecule has 0 radical (unpaired) electrons. The summed E-state index contributed by atoms with van der Waals surface area (Å²) in [6.45, 7) is 0.958. The van der Waals surface area contributed by atoms with Crippen molar-refractivity contribution in [2.24, 2.45) is 0 Å². The minimum absolute atomic E-state index is 0.0744. The van der Waals surface area contributed by atoms with Gasteiger partial charge in [-0.3, -0.25) is 10.1 Å². The normalized spacial score (nSPS) is 9.67. The number of carboxylic acid groups (broad SMARTS) is 1. The highest BCUT2D eigenvalue weighted by Gasteiger charge is 2.13. The zero-order valence-electron chi connectivity index (χ0n) is 7.84. The van der Waals surface area contributed by atoms with E-state index in [9.17, 15) is 14.9 Å². The van der Waals surface area contributed by atoms with Crippen molar-refractivity contribution in [1.82, 2.24) is 4.98 Å². The first-order chi connectivity index (χ1) is 7.00. The van der Waals surface area contributed by atoms with E-state index in [1.807, 2.05) is 0 Å². The van der Waals surface area contributed by atoms with Crippen LogP contribution in [0.2, 0.25) is 0 Å². The highest BCUT2D eigenvalue weighted by molar-refractivity contribution is 5.68. The van der Waals surface area contributed by atoms with Crippen LogP contribution in [0.1, 0.15) is 5.56 Å². The third kappa shape index (κ3) is 2.90. The Labute approximate surface area is 84.5 Å². The van der Waals surface area contributed by atoms with Crippen molar-refractivity contribution in [3.05, 3.63) is 27.9 Å². The van der Waals surface area contributed by atoms with Crippen LogP contribution in [-0.4, -0.2) is 27.6 Å². The molecule has 7 heteroatoms. The first kappa shape index (κ1) is 10.9. The van der Waals surface area contributed by atoms with Gasteiger partial charge in [0.2, 0.25) is 5.88 Å². The smallest absolute Gasteiger partial charge is 0.341 e. The van der Waals surface area contributed by atoms with Crippen LogP contribution in [0.5, 0.6) is 5.88 Å². The van der Waals surface area contributed by atoms with Gasteiger partial charge in [0.1, 0.15) is 0 Å². The minimum Gasteiger partial charge on any atom is -0.479 e. The highest BCUT2D eigenvalue weighted by atomic mass is 16.6. The fraction of sp³-hybridized carbons (Fsp3) is 0.250. The number of pyridine rings is 1. The van der Waals surface area contributed by atoms with Crippen LogP contribution in [-0.2, 0) is 4.79 Å². The maximum Gasteiger partial charge on any atom is 0.341 e. The number of rotatable bonds is 4. The van der Waals surface area contributed by atoms with Gasteiger partial charge in [-0.2, -0.15) is 0 Å². The number of carbonyl (C=O) groups is 1. The Morgan fingerprint density at radius 1 is 1.73 bits per heavy atom. The zero-order valence-corrected chi connectivity index (χ0v) is 7.84. The molecule has 0 saturated heterocycles. The van der Waals surface area contributed by atoms with Crippen LogP contribution in [0.3, 0.4) is 0 Å². The van der Waals surface area contributed by atoms with Crippen LogP contribution >= 0.6 is 0 Å². The quantitative estimate of drug-likeness (QED) is 0.583. The van der Waals surface area contributed by atoms with Crippen molar-refractivity contribution >= 4 is 11.7 Å². The van der Waals surface area contributed by atoms with Crippen LogP contribution in [0, 0.1) is 17.0 Å². The molecule has 1 aromatic heterocycles. The number of carboxylic acids is 1. The number of hydrogen-bond donors (Lipinski definition) is 1. The van der Waals surface area contributed by atoms with Crippen molar-refractivity contribution in [3.8, 4) is 5.88 Å². The largest absolute Gasteiger partial charge is 0.479 e. The summed E-state index contributed by atoms with van der Waals surface area (Å²) in [5.41, 5.74) is 0.244. The molecule has 1 rings (SSSR count). The molecule has 0 aliphatic heterocycles. The Bertz CT molecular complexity index is 404. The van der Waals surface area contributed by atoms with Gasteiger partial charge in [0, 0.05) is 11.8 Å². The van der Waals surface area contributed by atoms with Crippen molar-refractivity contribution in [3.63, 3.8) is 0 Å². The summed E-state index contributed by atoms with van der Waals surface area (Å²) in [5.74, 6) is -1.24. The van der Waals surface area contributed by atoms with E-state index < -0.39 is 17.5 Å². The summed E-state index contributed by atoms with van der Waals surface area (Å²) >= 11 is 0. The summed E-state index contributed by atoms with van der Waals surface area (Å²) in [5, 5.41) is 18.8. The number of aliphatic carboxylic acids is 1. The molecular weight excluding hydrogens is 204 g/mol. The van der Waals surface area contributed by atoms with E-state index in [2.05, 4.69) is 4.98 Å². The number of ether oxygens (including phenoxy) is 1. The average molecular weight is 212 g/mol. The SMILES string of the molecule is Cc1cnc(OCC(=O)O)cc1[N+](=O)[O-]. The van der Waals surface area contributed by atoms with E-state index in [0.29, 0.717) is 5.56 Å². The molecule has 1 N–H and O–H groups in total. The number of aromatic nitrogens is 1. The molecule has 0 unspecified atom stereocenters. The summed E-state index contributed by atoms with van der Waals surface area (Å²) < 4.78 is 4.70. The van der Waals surface area contributed by atoms with E-state index >= 15 is 0 Å². The summed E-state index contributed by atoms with van der Waals surface area (Å²) in [4.78, 5) is 23.8. The predicted octanol–water partition coefficient (Wildman–Crippen LogP) is 0.762. The number of hydrogen-bond acceptors (Lipinski definition) is 5. The average Bonchev–Trinajstić information content (AvgIpc) is 2.16. The predicted molar refractivity (Wildman–Crippen MR) is 48.8 cm³/mol. The Morgan fingerprint density at radius 3 is 2.93 bits per heavy atom. The molecule has 0 aliphatic carbocycles. The number of nitro groups is 1. The van der Waals surface area contributed by atoms with Gasteiger partial charge in [0.05, 0.1) is 11.0 Å². The van der Waals surface area contributed by atoms with Crippen LogP contribution in [0.4, 0.5) is 5.69 Å². The summed E-state index contributed by atoms with van der Waals surface area (Å²) in [7, 11) is 0. The van der Waals surface area contributed by atoms with Gasteiger partial charge in [0.25, 0.3) is 5.69 Å². The first-order valence-corrected chi connectivity index (χ1v) is 3.96. The van der Waals surface area contributed by atoms with Gasteiger partial charge >= 0.3 is 5.97 Å².